The molecular formula is C13H15ClN4. The number of hydrogen-bond donors (Lipinski definition) is 2. The van der Waals surface area contributed by atoms with E-state index in [1.54, 1.807) is 6.20 Å². The van der Waals surface area contributed by atoms with E-state index in [0.717, 1.165) is 16.9 Å². The summed E-state index contributed by atoms with van der Waals surface area (Å²) in [6.07, 6.45) is 1.78. The number of benzene rings is 1. The van der Waals surface area contributed by atoms with Crippen LogP contribution in [0.3, 0.4) is 0 Å². The Kier molecular flexibility index (Phi) is 4.12. The summed E-state index contributed by atoms with van der Waals surface area (Å²) in [6.45, 7) is 3.24. The predicted octanol–water partition coefficient (Wildman–Crippen LogP) is 2.48. The first-order valence-electron chi connectivity index (χ1n) is 5.74. The summed E-state index contributed by atoms with van der Waals surface area (Å²) in [5, 5.41) is 3.88. The second kappa shape index (κ2) is 5.80. The van der Waals surface area contributed by atoms with Gasteiger partial charge in [-0.05, 0) is 31.2 Å². The van der Waals surface area contributed by atoms with Crippen LogP contribution < -0.4 is 11.1 Å². The van der Waals surface area contributed by atoms with Gasteiger partial charge >= 0.3 is 0 Å². The van der Waals surface area contributed by atoms with Crippen LogP contribution in [-0.2, 0) is 0 Å². The van der Waals surface area contributed by atoms with Gasteiger partial charge in [0.15, 0.2) is 5.82 Å². The van der Waals surface area contributed by atoms with Crippen molar-refractivity contribution in [3.05, 3.63) is 41.2 Å². The normalized spacial score (nSPS) is 10.4. The molecule has 18 heavy (non-hydrogen) atoms. The molecule has 0 aliphatic heterocycles. The van der Waals surface area contributed by atoms with Crippen LogP contribution in [0, 0.1) is 6.92 Å². The average molecular weight is 263 g/mol. The molecule has 0 atom stereocenters. The molecule has 3 N–H and O–H groups in total. The van der Waals surface area contributed by atoms with E-state index in [9.17, 15) is 0 Å². The molecule has 0 saturated carbocycles. The van der Waals surface area contributed by atoms with Crippen LogP contribution in [0.2, 0.25) is 5.02 Å². The number of nitrogens with two attached hydrogens (primary N) is 1. The molecule has 2 rings (SSSR count). The monoisotopic (exact) mass is 262 g/mol. The lowest BCUT2D eigenvalue weighted by atomic mass is 10.2. The zero-order valence-electron chi connectivity index (χ0n) is 10.2. The molecule has 0 bridgehead atoms. The molecule has 1 heterocycles. The zero-order chi connectivity index (χ0) is 13.0. The first-order chi connectivity index (χ1) is 8.70. The maximum Gasteiger partial charge on any atom is 0.159 e. The smallest absolute Gasteiger partial charge is 0.159 e. The molecule has 94 valence electrons. The number of anilines is 1. The third kappa shape index (κ3) is 2.97. The molecule has 1 aromatic carbocycles. The highest BCUT2D eigenvalue weighted by Crippen LogP contribution is 2.20. The molecule has 0 aliphatic carbocycles. The fourth-order valence-electron chi connectivity index (χ4n) is 1.59. The summed E-state index contributed by atoms with van der Waals surface area (Å²) in [5.74, 6) is 0.697. The molecule has 0 unspecified atom stereocenters. The molecule has 0 fully saturated rings. The van der Waals surface area contributed by atoms with Crippen LogP contribution >= 0.6 is 11.6 Å². The number of halogens is 1. The van der Waals surface area contributed by atoms with Crippen molar-refractivity contribution in [2.24, 2.45) is 5.73 Å². The van der Waals surface area contributed by atoms with Crippen molar-refractivity contribution >= 4 is 17.3 Å². The largest absolute Gasteiger partial charge is 0.381 e. The third-order valence-corrected chi connectivity index (χ3v) is 2.79. The molecule has 0 saturated heterocycles. The van der Waals surface area contributed by atoms with E-state index in [0.29, 0.717) is 23.9 Å². The molecule has 1 aromatic heterocycles. The van der Waals surface area contributed by atoms with Crippen LogP contribution in [0.1, 0.15) is 5.69 Å². The number of aryl methyl sites for hydroxylation is 1. The molecule has 0 aliphatic rings. The maximum atomic E-state index is 5.85. The minimum absolute atomic E-state index is 0.582. The molecule has 4 nitrogen and oxygen atoms in total. The number of aromatic nitrogens is 2. The van der Waals surface area contributed by atoms with Gasteiger partial charge in [0.1, 0.15) is 0 Å². The Bertz CT molecular complexity index is 525. The van der Waals surface area contributed by atoms with Crippen molar-refractivity contribution in [1.29, 1.82) is 0 Å². The standard InChI is InChI=1S/C13H15ClN4/c1-9-12(16-7-6-15)8-17-13(18-9)10-2-4-11(14)5-3-10/h2-5,8,16H,6-7,15H2,1H3. The SMILES string of the molecule is Cc1nc(-c2ccc(Cl)cc2)ncc1NCCN. The van der Waals surface area contributed by atoms with Crippen LogP contribution in [-0.4, -0.2) is 23.1 Å². The van der Waals surface area contributed by atoms with Crippen molar-refractivity contribution in [2.45, 2.75) is 6.92 Å². The summed E-state index contributed by atoms with van der Waals surface area (Å²) in [7, 11) is 0. The Balaban J connectivity index is 2.25. The van der Waals surface area contributed by atoms with E-state index >= 15 is 0 Å². The first-order valence-corrected chi connectivity index (χ1v) is 6.12. The van der Waals surface area contributed by atoms with Crippen LogP contribution in [0.25, 0.3) is 11.4 Å². The molecule has 5 heteroatoms. The number of nitrogens with zero attached hydrogens (tertiary/aromatic N) is 2. The lowest BCUT2D eigenvalue weighted by Gasteiger charge is -2.08. The first kappa shape index (κ1) is 12.8. The lowest BCUT2D eigenvalue weighted by molar-refractivity contribution is 1.00. The highest BCUT2D eigenvalue weighted by molar-refractivity contribution is 6.30. The topological polar surface area (TPSA) is 63.8 Å². The van der Waals surface area contributed by atoms with E-state index in [4.69, 9.17) is 17.3 Å². The van der Waals surface area contributed by atoms with Gasteiger partial charge in [0, 0.05) is 23.7 Å². The highest BCUT2D eigenvalue weighted by Gasteiger charge is 2.05. The maximum absolute atomic E-state index is 5.85. The van der Waals surface area contributed by atoms with Crippen molar-refractivity contribution in [3.8, 4) is 11.4 Å². The summed E-state index contributed by atoms with van der Waals surface area (Å²) in [6, 6.07) is 7.47. The highest BCUT2D eigenvalue weighted by atomic mass is 35.5. The van der Waals surface area contributed by atoms with E-state index in [-0.39, 0.29) is 0 Å². The lowest BCUT2D eigenvalue weighted by Crippen LogP contribution is -2.14. The molecular weight excluding hydrogens is 248 g/mol. The van der Waals surface area contributed by atoms with Crippen LogP contribution in [0.5, 0.6) is 0 Å². The predicted molar refractivity (Wildman–Crippen MR) is 74.8 cm³/mol. The molecule has 2 aromatic rings. The van der Waals surface area contributed by atoms with Gasteiger partial charge < -0.3 is 11.1 Å². The quantitative estimate of drug-likeness (QED) is 0.889. The minimum atomic E-state index is 0.582. The molecule has 0 amide bonds. The van der Waals surface area contributed by atoms with Gasteiger partial charge in [-0.2, -0.15) is 0 Å². The molecule has 0 spiro atoms. The van der Waals surface area contributed by atoms with Crippen molar-refractivity contribution < 1.29 is 0 Å². The fourth-order valence-corrected chi connectivity index (χ4v) is 1.71. The van der Waals surface area contributed by atoms with E-state index in [2.05, 4.69) is 15.3 Å². The van der Waals surface area contributed by atoms with Gasteiger partial charge in [0.2, 0.25) is 0 Å². The van der Waals surface area contributed by atoms with Gasteiger partial charge in [-0.15, -0.1) is 0 Å². The van der Waals surface area contributed by atoms with Gasteiger partial charge in [0.05, 0.1) is 17.6 Å². The van der Waals surface area contributed by atoms with E-state index < -0.39 is 0 Å². The zero-order valence-corrected chi connectivity index (χ0v) is 10.9. The summed E-state index contributed by atoms with van der Waals surface area (Å²) in [5.41, 5.74) is 8.22. The summed E-state index contributed by atoms with van der Waals surface area (Å²) >= 11 is 5.85. The second-order valence-electron chi connectivity index (χ2n) is 3.92. The van der Waals surface area contributed by atoms with Crippen molar-refractivity contribution in [3.63, 3.8) is 0 Å². The Morgan fingerprint density at radius 3 is 2.61 bits per heavy atom. The van der Waals surface area contributed by atoms with Crippen molar-refractivity contribution in [1.82, 2.24) is 9.97 Å². The minimum Gasteiger partial charge on any atom is -0.381 e. The van der Waals surface area contributed by atoms with Gasteiger partial charge in [-0.25, -0.2) is 9.97 Å². The third-order valence-electron chi connectivity index (χ3n) is 2.54. The number of rotatable bonds is 4. The van der Waals surface area contributed by atoms with Crippen LogP contribution in [0.4, 0.5) is 5.69 Å². The number of hydrogen-bond acceptors (Lipinski definition) is 4. The van der Waals surface area contributed by atoms with E-state index in [1.165, 1.54) is 0 Å². The average Bonchev–Trinajstić information content (AvgIpc) is 2.38. The Morgan fingerprint density at radius 2 is 2.00 bits per heavy atom. The second-order valence-corrected chi connectivity index (χ2v) is 4.35. The summed E-state index contributed by atoms with van der Waals surface area (Å²) in [4.78, 5) is 8.80. The Labute approximate surface area is 111 Å². The Morgan fingerprint density at radius 1 is 1.28 bits per heavy atom. The van der Waals surface area contributed by atoms with Gasteiger partial charge in [-0.1, -0.05) is 11.6 Å². The molecule has 0 radical (unpaired) electrons. The Hall–Kier alpha value is -1.65. The van der Waals surface area contributed by atoms with E-state index in [1.807, 2.05) is 31.2 Å². The van der Waals surface area contributed by atoms with Crippen molar-refractivity contribution in [2.75, 3.05) is 18.4 Å². The fraction of sp³-hybridized carbons (Fsp3) is 0.231. The van der Waals surface area contributed by atoms with Gasteiger partial charge in [0.25, 0.3) is 0 Å². The van der Waals surface area contributed by atoms with Crippen LogP contribution in [0.15, 0.2) is 30.5 Å². The van der Waals surface area contributed by atoms with Gasteiger partial charge in [-0.3, -0.25) is 0 Å². The number of nitrogens with one attached hydrogen (secondary N) is 1. The summed E-state index contributed by atoms with van der Waals surface area (Å²) < 4.78 is 0.